The number of nitrogens with zero attached hydrogens (tertiary/aromatic N) is 1. The summed E-state index contributed by atoms with van der Waals surface area (Å²) in [5.41, 5.74) is 2.29. The van der Waals surface area contributed by atoms with E-state index in [-0.39, 0.29) is 23.2 Å². The van der Waals surface area contributed by atoms with Gasteiger partial charge in [-0.05, 0) is 49.4 Å². The fraction of sp³-hybridized carbons (Fsp3) is 0.364. The zero-order valence-electron chi connectivity index (χ0n) is 15.4. The lowest BCUT2D eigenvalue weighted by atomic mass is 9.90. The predicted octanol–water partition coefficient (Wildman–Crippen LogP) is 4.82. The van der Waals surface area contributed by atoms with Gasteiger partial charge in [-0.2, -0.15) is 0 Å². The van der Waals surface area contributed by atoms with Gasteiger partial charge in [-0.1, -0.05) is 23.7 Å². The number of rotatable bonds is 5. The summed E-state index contributed by atoms with van der Waals surface area (Å²) in [4.78, 5) is 26.0. The van der Waals surface area contributed by atoms with Crippen LogP contribution in [0.3, 0.4) is 0 Å². The topological polar surface area (TPSA) is 46.6 Å². The molecule has 2 heterocycles. The number of Topliss-reactive ketones (excluding diaryl/α,β-unsaturated/α-hetero) is 1. The molecular weight excluding hydrogens is 381 g/mol. The fourth-order valence-electron chi connectivity index (χ4n) is 3.92. The molecule has 0 radical (unpaired) electrons. The van der Waals surface area contributed by atoms with Crippen molar-refractivity contribution in [3.05, 3.63) is 58.4 Å². The highest BCUT2D eigenvalue weighted by molar-refractivity contribution is 6.30. The Bertz CT molecular complexity index is 922. The summed E-state index contributed by atoms with van der Waals surface area (Å²) >= 11 is 5.75. The lowest BCUT2D eigenvalue weighted by molar-refractivity contribution is -0.131. The molecular formula is C22H21ClFNO3. The fourth-order valence-corrected chi connectivity index (χ4v) is 4.04. The second-order valence-corrected chi connectivity index (χ2v) is 7.87. The molecule has 0 amide bonds. The first kappa shape index (κ1) is 18.9. The van der Waals surface area contributed by atoms with E-state index < -0.39 is 5.82 Å². The minimum Gasteiger partial charge on any atom is -0.426 e. The van der Waals surface area contributed by atoms with Crippen LogP contribution >= 0.6 is 11.6 Å². The minimum atomic E-state index is -0.396. The first-order valence-corrected chi connectivity index (χ1v) is 9.94. The third kappa shape index (κ3) is 4.04. The molecule has 0 spiro atoms. The van der Waals surface area contributed by atoms with Crippen molar-refractivity contribution >= 4 is 29.0 Å². The van der Waals surface area contributed by atoms with Gasteiger partial charge in [0, 0.05) is 36.3 Å². The van der Waals surface area contributed by atoms with Crippen LogP contribution in [0.2, 0.25) is 5.02 Å². The number of benzene rings is 2. The normalized spacial score (nSPS) is 16.8. The maximum atomic E-state index is 13.7. The predicted molar refractivity (Wildman–Crippen MR) is 106 cm³/mol. The molecule has 4 rings (SSSR count). The van der Waals surface area contributed by atoms with Crippen molar-refractivity contribution in [3.63, 3.8) is 0 Å². The van der Waals surface area contributed by atoms with Crippen molar-refractivity contribution in [1.82, 2.24) is 0 Å². The van der Waals surface area contributed by atoms with Gasteiger partial charge in [0.25, 0.3) is 0 Å². The van der Waals surface area contributed by atoms with Gasteiger partial charge in [0.2, 0.25) is 0 Å². The number of piperidine rings is 1. The van der Waals surface area contributed by atoms with Crippen LogP contribution in [0, 0.1) is 11.7 Å². The van der Waals surface area contributed by atoms with Crippen LogP contribution in [0.25, 0.3) is 0 Å². The third-order valence-corrected chi connectivity index (χ3v) is 5.92. The highest BCUT2D eigenvalue weighted by Gasteiger charge is 2.23. The smallest absolute Gasteiger partial charge is 0.315 e. The van der Waals surface area contributed by atoms with Crippen molar-refractivity contribution in [2.24, 2.45) is 5.92 Å². The van der Waals surface area contributed by atoms with Gasteiger partial charge in [0.15, 0.2) is 5.78 Å². The van der Waals surface area contributed by atoms with Gasteiger partial charge in [-0.25, -0.2) is 4.39 Å². The van der Waals surface area contributed by atoms with Gasteiger partial charge in [0.1, 0.15) is 11.6 Å². The number of esters is 1. The number of hydrogen-bond donors (Lipinski definition) is 0. The van der Waals surface area contributed by atoms with Gasteiger partial charge < -0.3 is 9.64 Å². The van der Waals surface area contributed by atoms with E-state index in [1.807, 2.05) is 6.07 Å². The van der Waals surface area contributed by atoms with E-state index in [0.29, 0.717) is 23.7 Å². The highest BCUT2D eigenvalue weighted by Crippen LogP contribution is 2.30. The molecule has 0 bridgehead atoms. The molecule has 2 aliphatic heterocycles. The standard InChI is InChI=1S/C22H21ClFNO3/c23-18-5-4-17(13-19(18)24)25-9-7-14(8-10-25)1-6-20(26)15-2-3-16-12-22(27)28-21(16)11-15/h2-5,11,13-14H,1,6-10,12H2. The molecule has 0 unspecified atom stereocenters. The van der Waals surface area contributed by atoms with Crippen LogP contribution in [0.5, 0.6) is 5.75 Å². The second-order valence-electron chi connectivity index (χ2n) is 7.46. The Balaban J connectivity index is 1.28. The largest absolute Gasteiger partial charge is 0.426 e. The number of ketones is 1. The molecule has 0 aromatic heterocycles. The zero-order valence-corrected chi connectivity index (χ0v) is 16.2. The number of hydrogen-bond acceptors (Lipinski definition) is 4. The maximum absolute atomic E-state index is 13.7. The van der Waals surface area contributed by atoms with Crippen LogP contribution < -0.4 is 9.64 Å². The lowest BCUT2D eigenvalue weighted by Crippen LogP contribution is -2.33. The highest BCUT2D eigenvalue weighted by atomic mass is 35.5. The van der Waals surface area contributed by atoms with E-state index in [4.69, 9.17) is 16.3 Å². The third-order valence-electron chi connectivity index (χ3n) is 5.61. The molecule has 28 heavy (non-hydrogen) atoms. The van der Waals surface area contributed by atoms with Crippen molar-refractivity contribution in [1.29, 1.82) is 0 Å². The summed E-state index contributed by atoms with van der Waals surface area (Å²) in [6, 6.07) is 10.2. The SMILES string of the molecule is O=C1Cc2ccc(C(=O)CCC3CCN(c4ccc(Cl)c(F)c4)CC3)cc2O1. The number of anilines is 1. The van der Waals surface area contributed by atoms with Crippen LogP contribution in [-0.4, -0.2) is 24.8 Å². The molecule has 0 saturated carbocycles. The second kappa shape index (κ2) is 7.92. The average molecular weight is 402 g/mol. The number of halogens is 2. The molecule has 2 aliphatic rings. The van der Waals surface area contributed by atoms with Crippen LogP contribution in [0.4, 0.5) is 10.1 Å². The minimum absolute atomic E-state index is 0.0768. The zero-order chi connectivity index (χ0) is 19.7. The molecule has 1 fully saturated rings. The van der Waals surface area contributed by atoms with Crippen LogP contribution in [0.1, 0.15) is 41.6 Å². The van der Waals surface area contributed by atoms with Crippen LogP contribution in [-0.2, 0) is 11.2 Å². The molecule has 6 heteroatoms. The van der Waals surface area contributed by atoms with Gasteiger partial charge in [-0.3, -0.25) is 9.59 Å². The van der Waals surface area contributed by atoms with Crippen molar-refractivity contribution in [3.8, 4) is 5.75 Å². The number of carbonyl (C=O) groups excluding carboxylic acids is 2. The van der Waals surface area contributed by atoms with E-state index >= 15 is 0 Å². The molecule has 0 atom stereocenters. The van der Waals surface area contributed by atoms with E-state index in [9.17, 15) is 14.0 Å². The summed E-state index contributed by atoms with van der Waals surface area (Å²) in [5.74, 6) is 0.399. The van der Waals surface area contributed by atoms with E-state index in [1.165, 1.54) is 6.07 Å². The Morgan fingerprint density at radius 1 is 1.18 bits per heavy atom. The summed E-state index contributed by atoms with van der Waals surface area (Å²) < 4.78 is 18.8. The summed E-state index contributed by atoms with van der Waals surface area (Å²) in [6.45, 7) is 1.68. The number of ether oxygens (including phenoxy) is 1. The monoisotopic (exact) mass is 401 g/mol. The number of carbonyl (C=O) groups is 2. The van der Waals surface area contributed by atoms with Crippen molar-refractivity contribution < 1.29 is 18.7 Å². The van der Waals surface area contributed by atoms with E-state index in [2.05, 4.69) is 4.90 Å². The maximum Gasteiger partial charge on any atom is 0.315 e. The van der Waals surface area contributed by atoms with E-state index in [0.717, 1.165) is 43.6 Å². The molecule has 0 aliphatic carbocycles. The van der Waals surface area contributed by atoms with E-state index in [1.54, 1.807) is 24.3 Å². The average Bonchev–Trinajstić information content (AvgIpc) is 3.08. The Kier molecular flexibility index (Phi) is 5.36. The summed E-state index contributed by atoms with van der Waals surface area (Å²) in [6.07, 6.45) is 3.53. The molecule has 4 nitrogen and oxygen atoms in total. The van der Waals surface area contributed by atoms with Gasteiger partial charge in [-0.15, -0.1) is 0 Å². The molecule has 2 aromatic carbocycles. The Morgan fingerprint density at radius 3 is 2.71 bits per heavy atom. The lowest BCUT2D eigenvalue weighted by Gasteiger charge is -2.33. The molecule has 2 aromatic rings. The Morgan fingerprint density at radius 2 is 1.96 bits per heavy atom. The molecule has 1 saturated heterocycles. The van der Waals surface area contributed by atoms with Gasteiger partial charge >= 0.3 is 5.97 Å². The molecule has 0 N–H and O–H groups in total. The van der Waals surface area contributed by atoms with Gasteiger partial charge in [0.05, 0.1) is 11.4 Å². The quantitative estimate of drug-likeness (QED) is 0.409. The first-order valence-electron chi connectivity index (χ1n) is 9.56. The summed E-state index contributed by atoms with van der Waals surface area (Å²) in [5, 5.41) is 0.137. The number of fused-ring (bicyclic) bond motifs is 1. The summed E-state index contributed by atoms with van der Waals surface area (Å²) in [7, 11) is 0. The van der Waals surface area contributed by atoms with Crippen LogP contribution in [0.15, 0.2) is 36.4 Å². The van der Waals surface area contributed by atoms with Crippen molar-refractivity contribution in [2.75, 3.05) is 18.0 Å². The van der Waals surface area contributed by atoms with Crippen molar-refractivity contribution in [2.45, 2.75) is 32.1 Å². The Hall–Kier alpha value is -2.40. The Labute approximate surface area is 168 Å². The first-order chi connectivity index (χ1) is 13.5. The molecule has 146 valence electrons.